The number of aliphatic carboxylic acids is 1. The Morgan fingerprint density at radius 3 is 2.35 bits per heavy atom. The molecule has 4 rings (SSSR count). The number of rotatable bonds is 8. The van der Waals surface area contributed by atoms with E-state index >= 15 is 0 Å². The normalized spacial score (nSPS) is 11.6. The third kappa shape index (κ3) is 5.07. The average molecular weight is 457 g/mol. The van der Waals surface area contributed by atoms with Gasteiger partial charge < -0.3 is 25.5 Å². The van der Waals surface area contributed by atoms with Crippen LogP contribution in [0.1, 0.15) is 26.4 Å². The van der Waals surface area contributed by atoms with Gasteiger partial charge in [-0.1, -0.05) is 42.5 Å². The first-order valence-corrected chi connectivity index (χ1v) is 10.6. The van der Waals surface area contributed by atoms with Crippen molar-refractivity contribution in [3.63, 3.8) is 0 Å². The number of aromatic amines is 1. The second kappa shape index (κ2) is 9.91. The van der Waals surface area contributed by atoms with Crippen LogP contribution in [0.2, 0.25) is 0 Å². The lowest BCUT2D eigenvalue weighted by Gasteiger charge is -2.17. The maximum absolute atomic E-state index is 13.0. The molecule has 0 radical (unpaired) electrons. The number of aromatic nitrogens is 1. The van der Waals surface area contributed by atoms with Gasteiger partial charge in [-0.3, -0.25) is 9.59 Å². The minimum Gasteiger partial charge on any atom is -0.497 e. The van der Waals surface area contributed by atoms with Gasteiger partial charge in [0.1, 0.15) is 17.5 Å². The fourth-order valence-electron chi connectivity index (χ4n) is 3.61. The summed E-state index contributed by atoms with van der Waals surface area (Å²) in [5, 5.41) is 15.8. The van der Waals surface area contributed by atoms with Crippen LogP contribution in [-0.4, -0.2) is 41.0 Å². The van der Waals surface area contributed by atoms with E-state index in [4.69, 9.17) is 4.74 Å². The smallest absolute Gasteiger partial charge is 0.326 e. The maximum Gasteiger partial charge on any atom is 0.326 e. The molecule has 8 nitrogen and oxygen atoms in total. The van der Waals surface area contributed by atoms with Gasteiger partial charge in [0.25, 0.3) is 11.8 Å². The molecule has 0 aliphatic heterocycles. The maximum atomic E-state index is 13.0. The van der Waals surface area contributed by atoms with E-state index in [1.165, 1.54) is 6.07 Å². The molecule has 1 aromatic heterocycles. The van der Waals surface area contributed by atoms with Crippen LogP contribution in [0.3, 0.4) is 0 Å². The number of nitrogens with one attached hydrogen (secondary N) is 3. The Balaban J connectivity index is 1.50. The number of hydrogen-bond acceptors (Lipinski definition) is 4. The molecule has 1 atom stereocenters. The summed E-state index contributed by atoms with van der Waals surface area (Å²) in [6, 6.07) is 21.5. The number of H-pyrrole nitrogens is 1. The molecule has 2 amide bonds. The summed E-state index contributed by atoms with van der Waals surface area (Å²) < 4.78 is 5.12. The highest BCUT2D eigenvalue weighted by Crippen LogP contribution is 2.20. The zero-order valence-electron chi connectivity index (χ0n) is 18.4. The van der Waals surface area contributed by atoms with Crippen LogP contribution in [0.25, 0.3) is 10.9 Å². The molecule has 0 spiro atoms. The second-order valence-electron chi connectivity index (χ2n) is 7.69. The Kier molecular flexibility index (Phi) is 6.59. The van der Waals surface area contributed by atoms with Crippen LogP contribution >= 0.6 is 0 Å². The summed E-state index contributed by atoms with van der Waals surface area (Å²) in [7, 11) is 1.55. The van der Waals surface area contributed by atoms with Crippen LogP contribution in [0, 0.1) is 0 Å². The van der Waals surface area contributed by atoms with E-state index in [1.807, 2.05) is 24.3 Å². The first kappa shape index (κ1) is 22.6. The SMILES string of the molecule is COc1ccc(CC(NC(=O)c2ccccc2NC(=O)c2cc3ccccc3[nH]2)C(=O)O)cc1. The lowest BCUT2D eigenvalue weighted by atomic mass is 10.0. The van der Waals surface area contributed by atoms with E-state index in [1.54, 1.807) is 55.6 Å². The topological polar surface area (TPSA) is 121 Å². The number of carbonyl (C=O) groups excluding carboxylic acids is 2. The number of para-hydroxylation sites is 2. The first-order valence-electron chi connectivity index (χ1n) is 10.6. The number of amides is 2. The number of hydrogen-bond donors (Lipinski definition) is 4. The molecule has 1 unspecified atom stereocenters. The highest BCUT2D eigenvalue weighted by molar-refractivity contribution is 6.10. The molecule has 0 bridgehead atoms. The number of anilines is 1. The second-order valence-corrected chi connectivity index (χ2v) is 7.69. The average Bonchev–Trinajstić information content (AvgIpc) is 3.29. The molecular weight excluding hydrogens is 434 g/mol. The Hall–Kier alpha value is -4.59. The van der Waals surface area contributed by atoms with Gasteiger partial charge in [0.2, 0.25) is 0 Å². The predicted octanol–water partition coefficient (Wildman–Crippen LogP) is 3.85. The minimum absolute atomic E-state index is 0.0919. The highest BCUT2D eigenvalue weighted by Gasteiger charge is 2.23. The van der Waals surface area contributed by atoms with Crippen molar-refractivity contribution in [1.29, 1.82) is 0 Å². The lowest BCUT2D eigenvalue weighted by molar-refractivity contribution is -0.139. The van der Waals surface area contributed by atoms with Gasteiger partial charge in [-0.15, -0.1) is 0 Å². The van der Waals surface area contributed by atoms with Crippen LogP contribution in [0.4, 0.5) is 5.69 Å². The number of carboxylic acid groups (broad SMARTS) is 1. The number of ether oxygens (including phenoxy) is 1. The van der Waals surface area contributed by atoms with Gasteiger partial charge in [-0.05, 0) is 42.0 Å². The van der Waals surface area contributed by atoms with Gasteiger partial charge in [0.15, 0.2) is 0 Å². The molecule has 3 aromatic carbocycles. The largest absolute Gasteiger partial charge is 0.497 e. The van der Waals surface area contributed by atoms with Gasteiger partial charge in [-0.2, -0.15) is 0 Å². The Morgan fingerprint density at radius 1 is 0.941 bits per heavy atom. The molecule has 4 aromatic rings. The van der Waals surface area contributed by atoms with Crippen LogP contribution in [0.15, 0.2) is 78.9 Å². The summed E-state index contributed by atoms with van der Waals surface area (Å²) in [5.74, 6) is -1.53. The molecule has 0 fully saturated rings. The predicted molar refractivity (Wildman–Crippen MR) is 128 cm³/mol. The van der Waals surface area contributed by atoms with E-state index in [0.29, 0.717) is 11.4 Å². The summed E-state index contributed by atoms with van der Waals surface area (Å²) in [4.78, 5) is 40.6. The van der Waals surface area contributed by atoms with Crippen molar-refractivity contribution in [1.82, 2.24) is 10.3 Å². The number of benzene rings is 3. The molecule has 8 heteroatoms. The summed E-state index contributed by atoms with van der Waals surface area (Å²) in [6.07, 6.45) is 0.0919. The highest BCUT2D eigenvalue weighted by atomic mass is 16.5. The number of carboxylic acids is 1. The Morgan fingerprint density at radius 2 is 1.65 bits per heavy atom. The molecule has 0 saturated heterocycles. The van der Waals surface area contributed by atoms with Gasteiger partial charge in [-0.25, -0.2) is 4.79 Å². The molecule has 0 aliphatic rings. The van der Waals surface area contributed by atoms with Gasteiger partial charge in [0.05, 0.1) is 18.4 Å². The van der Waals surface area contributed by atoms with E-state index in [9.17, 15) is 19.5 Å². The van der Waals surface area contributed by atoms with Crippen molar-refractivity contribution in [3.8, 4) is 5.75 Å². The van der Waals surface area contributed by atoms with Crippen molar-refractivity contribution in [2.45, 2.75) is 12.5 Å². The van der Waals surface area contributed by atoms with Crippen LogP contribution in [0.5, 0.6) is 5.75 Å². The van der Waals surface area contributed by atoms with Gasteiger partial charge in [0, 0.05) is 17.3 Å². The molecule has 0 saturated carbocycles. The quantitative estimate of drug-likeness (QED) is 0.320. The molecule has 1 heterocycles. The van der Waals surface area contributed by atoms with E-state index in [-0.39, 0.29) is 17.7 Å². The van der Waals surface area contributed by atoms with E-state index < -0.39 is 23.8 Å². The molecule has 0 aliphatic carbocycles. The van der Waals surface area contributed by atoms with E-state index in [0.717, 1.165) is 16.5 Å². The summed E-state index contributed by atoms with van der Waals surface area (Å²) in [6.45, 7) is 0. The molecule has 4 N–H and O–H groups in total. The summed E-state index contributed by atoms with van der Waals surface area (Å²) >= 11 is 0. The summed E-state index contributed by atoms with van der Waals surface area (Å²) in [5.41, 5.74) is 2.33. The number of fused-ring (bicyclic) bond motifs is 1. The molecule has 172 valence electrons. The zero-order valence-corrected chi connectivity index (χ0v) is 18.4. The Bertz CT molecular complexity index is 1310. The third-order valence-corrected chi connectivity index (χ3v) is 5.40. The zero-order chi connectivity index (χ0) is 24.1. The van der Waals surface area contributed by atoms with Crippen molar-refractivity contribution in [2.75, 3.05) is 12.4 Å². The van der Waals surface area contributed by atoms with Crippen molar-refractivity contribution < 1.29 is 24.2 Å². The standard InChI is InChI=1S/C26H23N3O5/c1-34-18-12-10-16(11-13-18)14-23(26(32)33)29-24(30)19-7-3-5-9-21(19)28-25(31)22-15-17-6-2-4-8-20(17)27-22/h2-13,15,23,27H,14H2,1H3,(H,28,31)(H,29,30)(H,32,33). The van der Waals surface area contributed by atoms with E-state index in [2.05, 4.69) is 15.6 Å². The number of carbonyl (C=O) groups is 3. The Labute approximate surface area is 195 Å². The fourth-order valence-corrected chi connectivity index (χ4v) is 3.61. The lowest BCUT2D eigenvalue weighted by Crippen LogP contribution is -2.42. The molecular formula is C26H23N3O5. The minimum atomic E-state index is -1.16. The monoisotopic (exact) mass is 457 g/mol. The van der Waals surface area contributed by atoms with Crippen molar-refractivity contribution in [3.05, 3.63) is 95.7 Å². The van der Waals surface area contributed by atoms with Crippen LogP contribution < -0.4 is 15.4 Å². The fraction of sp³-hybridized carbons (Fsp3) is 0.115. The van der Waals surface area contributed by atoms with Crippen LogP contribution in [-0.2, 0) is 11.2 Å². The van der Waals surface area contributed by atoms with Crippen molar-refractivity contribution in [2.24, 2.45) is 0 Å². The van der Waals surface area contributed by atoms with Gasteiger partial charge >= 0.3 is 5.97 Å². The van der Waals surface area contributed by atoms with Crippen molar-refractivity contribution >= 4 is 34.4 Å². The number of methoxy groups -OCH3 is 1. The third-order valence-electron chi connectivity index (χ3n) is 5.40. The molecule has 34 heavy (non-hydrogen) atoms. The first-order chi connectivity index (χ1) is 16.4.